The van der Waals surface area contributed by atoms with Gasteiger partial charge in [-0.3, -0.25) is 4.79 Å². The molecule has 0 radical (unpaired) electrons. The summed E-state index contributed by atoms with van der Waals surface area (Å²) in [5.41, 5.74) is 0.312. The van der Waals surface area contributed by atoms with E-state index in [1.165, 1.54) is 0 Å². The standard InChI is InChI=1S/C12H22N2O/c1-11(2)9(12(11,3)4)10(15)14-8-5-6-13-7-8/h8-9,13H,5-7H2,1-4H3,(H,14,15)/t8-/m1/s1. The molecule has 1 aliphatic heterocycles. The van der Waals surface area contributed by atoms with Gasteiger partial charge in [0, 0.05) is 18.5 Å². The van der Waals surface area contributed by atoms with E-state index in [-0.39, 0.29) is 22.7 Å². The van der Waals surface area contributed by atoms with Gasteiger partial charge in [-0.15, -0.1) is 0 Å². The molecule has 15 heavy (non-hydrogen) atoms. The third-order valence-corrected chi connectivity index (χ3v) is 4.69. The lowest BCUT2D eigenvalue weighted by Crippen LogP contribution is -2.38. The van der Waals surface area contributed by atoms with E-state index in [1.54, 1.807) is 0 Å². The Labute approximate surface area is 92.0 Å². The third-order valence-electron chi connectivity index (χ3n) is 4.69. The monoisotopic (exact) mass is 210 g/mol. The summed E-state index contributed by atoms with van der Waals surface area (Å²) in [7, 11) is 0. The van der Waals surface area contributed by atoms with Crippen LogP contribution in [0, 0.1) is 16.7 Å². The largest absolute Gasteiger partial charge is 0.352 e. The highest BCUT2D eigenvalue weighted by molar-refractivity contribution is 5.84. The van der Waals surface area contributed by atoms with Crippen molar-refractivity contribution in [3.63, 3.8) is 0 Å². The van der Waals surface area contributed by atoms with Crippen LogP contribution in [0.2, 0.25) is 0 Å². The van der Waals surface area contributed by atoms with E-state index < -0.39 is 0 Å². The summed E-state index contributed by atoms with van der Waals surface area (Å²) in [6, 6.07) is 0.352. The second-order valence-corrected chi connectivity index (χ2v) is 6.07. The van der Waals surface area contributed by atoms with Crippen LogP contribution in [0.1, 0.15) is 34.1 Å². The van der Waals surface area contributed by atoms with Crippen LogP contribution in [0.5, 0.6) is 0 Å². The lowest BCUT2D eigenvalue weighted by molar-refractivity contribution is -0.124. The second-order valence-electron chi connectivity index (χ2n) is 6.07. The van der Waals surface area contributed by atoms with Crippen LogP contribution in [0.15, 0.2) is 0 Å². The minimum absolute atomic E-state index is 0.156. The SMILES string of the molecule is CC1(C)C(C(=O)N[C@@H]2CCNC2)C1(C)C. The quantitative estimate of drug-likeness (QED) is 0.718. The predicted molar refractivity (Wildman–Crippen MR) is 60.5 cm³/mol. The van der Waals surface area contributed by atoms with Crippen molar-refractivity contribution in [3.05, 3.63) is 0 Å². The molecule has 1 aliphatic carbocycles. The molecule has 0 aromatic rings. The van der Waals surface area contributed by atoms with Crippen LogP contribution in [0.4, 0.5) is 0 Å². The summed E-state index contributed by atoms with van der Waals surface area (Å²) >= 11 is 0. The molecular formula is C12H22N2O. The van der Waals surface area contributed by atoms with E-state index >= 15 is 0 Å². The van der Waals surface area contributed by atoms with Crippen molar-refractivity contribution < 1.29 is 4.79 Å². The van der Waals surface area contributed by atoms with E-state index in [1.807, 2.05) is 0 Å². The van der Waals surface area contributed by atoms with E-state index in [2.05, 4.69) is 38.3 Å². The molecule has 1 atom stereocenters. The summed E-state index contributed by atoms with van der Waals surface area (Å²) in [6.07, 6.45) is 1.07. The lowest BCUT2D eigenvalue weighted by Gasteiger charge is -2.12. The first-order chi connectivity index (χ1) is 6.87. The fourth-order valence-corrected chi connectivity index (χ4v) is 2.91. The number of carbonyl (C=O) groups excluding carboxylic acids is 1. The van der Waals surface area contributed by atoms with Gasteiger partial charge < -0.3 is 10.6 Å². The summed E-state index contributed by atoms with van der Waals surface area (Å²) in [5.74, 6) is 0.435. The summed E-state index contributed by atoms with van der Waals surface area (Å²) in [4.78, 5) is 12.1. The summed E-state index contributed by atoms with van der Waals surface area (Å²) < 4.78 is 0. The van der Waals surface area contributed by atoms with E-state index in [0.29, 0.717) is 6.04 Å². The number of carbonyl (C=O) groups is 1. The van der Waals surface area contributed by atoms with Crippen LogP contribution >= 0.6 is 0 Å². The third kappa shape index (κ3) is 1.57. The molecule has 0 bridgehead atoms. The topological polar surface area (TPSA) is 41.1 Å². The van der Waals surface area contributed by atoms with Crippen molar-refractivity contribution in [1.29, 1.82) is 0 Å². The van der Waals surface area contributed by atoms with E-state index in [9.17, 15) is 4.79 Å². The highest BCUT2D eigenvalue weighted by atomic mass is 16.2. The van der Waals surface area contributed by atoms with Gasteiger partial charge in [0.2, 0.25) is 5.91 Å². The normalized spacial score (nSPS) is 32.7. The molecule has 0 spiro atoms. The molecule has 0 aromatic heterocycles. The number of nitrogens with one attached hydrogen (secondary N) is 2. The van der Waals surface area contributed by atoms with Gasteiger partial charge in [0.1, 0.15) is 0 Å². The zero-order chi connectivity index (χ0) is 11.3. The fourth-order valence-electron chi connectivity index (χ4n) is 2.91. The Morgan fingerprint density at radius 1 is 1.27 bits per heavy atom. The van der Waals surface area contributed by atoms with Crippen LogP contribution in [-0.4, -0.2) is 25.0 Å². The van der Waals surface area contributed by atoms with Crippen molar-refractivity contribution in [2.75, 3.05) is 13.1 Å². The zero-order valence-electron chi connectivity index (χ0n) is 10.2. The molecule has 0 unspecified atom stereocenters. The molecule has 2 N–H and O–H groups in total. The Morgan fingerprint density at radius 2 is 1.87 bits per heavy atom. The Kier molecular flexibility index (Phi) is 2.34. The lowest BCUT2D eigenvalue weighted by atomic mass is 10.0. The van der Waals surface area contributed by atoms with Crippen LogP contribution in [0.3, 0.4) is 0 Å². The average Bonchev–Trinajstić information content (AvgIpc) is 2.53. The second kappa shape index (κ2) is 3.21. The predicted octanol–water partition coefficient (Wildman–Crippen LogP) is 1.15. The van der Waals surface area contributed by atoms with Crippen molar-refractivity contribution >= 4 is 5.91 Å². The smallest absolute Gasteiger partial charge is 0.224 e. The van der Waals surface area contributed by atoms with Gasteiger partial charge in [-0.1, -0.05) is 27.7 Å². The maximum Gasteiger partial charge on any atom is 0.224 e. The van der Waals surface area contributed by atoms with Crippen molar-refractivity contribution in [1.82, 2.24) is 10.6 Å². The molecule has 0 aromatic carbocycles. The van der Waals surface area contributed by atoms with Gasteiger partial charge in [0.15, 0.2) is 0 Å². The van der Waals surface area contributed by atoms with Crippen molar-refractivity contribution in [2.45, 2.75) is 40.2 Å². The van der Waals surface area contributed by atoms with Crippen LogP contribution < -0.4 is 10.6 Å². The highest BCUT2D eigenvalue weighted by Gasteiger charge is 2.68. The fraction of sp³-hybridized carbons (Fsp3) is 0.917. The molecule has 2 rings (SSSR count). The molecule has 3 nitrogen and oxygen atoms in total. The van der Waals surface area contributed by atoms with Gasteiger partial charge in [0.05, 0.1) is 0 Å². The number of hydrogen-bond donors (Lipinski definition) is 2. The van der Waals surface area contributed by atoms with Gasteiger partial charge in [-0.25, -0.2) is 0 Å². The summed E-state index contributed by atoms with van der Waals surface area (Å²) in [5, 5.41) is 6.41. The van der Waals surface area contributed by atoms with Gasteiger partial charge in [-0.05, 0) is 23.8 Å². The Balaban J connectivity index is 1.93. The van der Waals surface area contributed by atoms with Crippen molar-refractivity contribution in [3.8, 4) is 0 Å². The number of rotatable bonds is 2. The molecule has 1 saturated carbocycles. The maximum atomic E-state index is 12.1. The van der Waals surface area contributed by atoms with Gasteiger partial charge in [-0.2, -0.15) is 0 Å². The molecule has 3 heteroatoms. The molecular weight excluding hydrogens is 188 g/mol. The highest BCUT2D eigenvalue weighted by Crippen LogP contribution is 2.68. The van der Waals surface area contributed by atoms with Crippen molar-refractivity contribution in [2.24, 2.45) is 16.7 Å². The first-order valence-electron chi connectivity index (χ1n) is 5.88. The van der Waals surface area contributed by atoms with Crippen LogP contribution in [-0.2, 0) is 4.79 Å². The van der Waals surface area contributed by atoms with Gasteiger partial charge in [0.25, 0.3) is 0 Å². The molecule has 1 heterocycles. The molecule has 2 fully saturated rings. The zero-order valence-corrected chi connectivity index (χ0v) is 10.2. The van der Waals surface area contributed by atoms with E-state index in [4.69, 9.17) is 0 Å². The average molecular weight is 210 g/mol. The van der Waals surface area contributed by atoms with Gasteiger partial charge >= 0.3 is 0 Å². The first kappa shape index (κ1) is 10.9. The minimum Gasteiger partial charge on any atom is -0.352 e. The van der Waals surface area contributed by atoms with E-state index in [0.717, 1.165) is 19.5 Å². The van der Waals surface area contributed by atoms with Crippen LogP contribution in [0.25, 0.3) is 0 Å². The summed E-state index contributed by atoms with van der Waals surface area (Å²) in [6.45, 7) is 10.7. The Hall–Kier alpha value is -0.570. The molecule has 2 aliphatic rings. The first-order valence-corrected chi connectivity index (χ1v) is 5.88. The molecule has 1 saturated heterocycles. The molecule has 1 amide bonds. The minimum atomic E-state index is 0.156. The number of amides is 1. The molecule has 86 valence electrons. The Morgan fingerprint density at radius 3 is 2.27 bits per heavy atom. The maximum absolute atomic E-state index is 12.1. The number of hydrogen-bond acceptors (Lipinski definition) is 2. The Bertz CT molecular complexity index is 263.